The molecule has 1 fully saturated rings. The number of nitrogens with zero attached hydrogens (tertiary/aromatic N) is 3. The van der Waals surface area contributed by atoms with E-state index in [1.54, 1.807) is 6.92 Å². The summed E-state index contributed by atoms with van der Waals surface area (Å²) < 4.78 is 4.98. The van der Waals surface area contributed by atoms with Crippen LogP contribution in [0.3, 0.4) is 0 Å². The summed E-state index contributed by atoms with van der Waals surface area (Å²) in [5.41, 5.74) is 1.63. The van der Waals surface area contributed by atoms with Gasteiger partial charge in [0.1, 0.15) is 6.54 Å². The number of nitrogens with one attached hydrogen (secondary N) is 2. The van der Waals surface area contributed by atoms with E-state index in [9.17, 15) is 0 Å². The molecule has 1 saturated carbocycles. The highest BCUT2D eigenvalue weighted by Crippen LogP contribution is 2.43. The predicted molar refractivity (Wildman–Crippen MR) is 93.8 cm³/mol. The maximum atomic E-state index is 4.98. The molecule has 0 saturated heterocycles. The van der Waals surface area contributed by atoms with Gasteiger partial charge in [-0.05, 0) is 25.3 Å². The average molecular weight is 327 g/mol. The van der Waals surface area contributed by atoms with E-state index in [0.29, 0.717) is 18.3 Å². The van der Waals surface area contributed by atoms with Crippen LogP contribution in [0, 0.1) is 6.92 Å². The molecule has 0 radical (unpaired) electrons. The summed E-state index contributed by atoms with van der Waals surface area (Å²) in [7, 11) is 0. The van der Waals surface area contributed by atoms with Gasteiger partial charge in [-0.25, -0.2) is 4.99 Å². The average Bonchev–Trinajstić information content (AvgIpc) is 2.98. The van der Waals surface area contributed by atoms with Crippen molar-refractivity contribution in [2.75, 3.05) is 13.1 Å². The fourth-order valence-corrected chi connectivity index (χ4v) is 3.11. The van der Waals surface area contributed by atoms with Gasteiger partial charge < -0.3 is 15.2 Å². The van der Waals surface area contributed by atoms with E-state index in [2.05, 4.69) is 63.0 Å². The van der Waals surface area contributed by atoms with Gasteiger partial charge in [0.25, 0.3) is 0 Å². The van der Waals surface area contributed by atoms with Crippen molar-refractivity contribution >= 4 is 5.96 Å². The second kappa shape index (κ2) is 7.47. The third-order valence-corrected chi connectivity index (χ3v) is 4.58. The Labute approximate surface area is 142 Å². The number of benzene rings is 1. The Hall–Kier alpha value is -2.37. The maximum absolute atomic E-state index is 4.98. The Bertz CT molecular complexity index is 676. The maximum Gasteiger partial charge on any atom is 0.223 e. The van der Waals surface area contributed by atoms with Gasteiger partial charge in [-0.2, -0.15) is 4.98 Å². The Balaban J connectivity index is 1.65. The highest BCUT2D eigenvalue weighted by atomic mass is 16.5. The van der Waals surface area contributed by atoms with Crippen LogP contribution in [-0.4, -0.2) is 29.2 Å². The quantitative estimate of drug-likeness (QED) is 0.630. The van der Waals surface area contributed by atoms with Crippen LogP contribution < -0.4 is 10.6 Å². The Morgan fingerprint density at radius 3 is 2.62 bits per heavy atom. The van der Waals surface area contributed by atoms with Crippen molar-refractivity contribution in [2.24, 2.45) is 4.99 Å². The van der Waals surface area contributed by atoms with Gasteiger partial charge in [-0.15, -0.1) is 0 Å². The highest BCUT2D eigenvalue weighted by molar-refractivity contribution is 5.79. The SMILES string of the molecule is CCNC(=NCc1noc(C)n1)NCC1(c2ccccc2)CCC1. The van der Waals surface area contributed by atoms with E-state index in [1.807, 2.05) is 0 Å². The van der Waals surface area contributed by atoms with Gasteiger partial charge in [0.2, 0.25) is 5.89 Å². The Kier molecular flexibility index (Phi) is 5.13. The molecule has 128 valence electrons. The van der Waals surface area contributed by atoms with Crippen molar-refractivity contribution < 1.29 is 4.52 Å². The largest absolute Gasteiger partial charge is 0.357 e. The molecule has 1 heterocycles. The van der Waals surface area contributed by atoms with E-state index >= 15 is 0 Å². The summed E-state index contributed by atoms with van der Waals surface area (Å²) in [6, 6.07) is 10.8. The summed E-state index contributed by atoms with van der Waals surface area (Å²) in [4.78, 5) is 8.75. The van der Waals surface area contributed by atoms with Crippen molar-refractivity contribution in [2.45, 2.75) is 45.1 Å². The van der Waals surface area contributed by atoms with Crippen molar-refractivity contribution in [1.29, 1.82) is 0 Å². The lowest BCUT2D eigenvalue weighted by atomic mass is 9.64. The minimum Gasteiger partial charge on any atom is -0.357 e. The molecule has 0 unspecified atom stereocenters. The Morgan fingerprint density at radius 1 is 1.25 bits per heavy atom. The van der Waals surface area contributed by atoms with Crippen LogP contribution >= 0.6 is 0 Å². The highest BCUT2D eigenvalue weighted by Gasteiger charge is 2.38. The fraction of sp³-hybridized carbons (Fsp3) is 0.500. The molecule has 0 bridgehead atoms. The van der Waals surface area contributed by atoms with E-state index in [0.717, 1.165) is 19.0 Å². The van der Waals surface area contributed by atoms with Crippen molar-refractivity contribution in [3.8, 4) is 0 Å². The topological polar surface area (TPSA) is 75.3 Å². The number of aliphatic imine (C=N–C) groups is 1. The lowest BCUT2D eigenvalue weighted by molar-refractivity contribution is 0.244. The number of aromatic nitrogens is 2. The third-order valence-electron chi connectivity index (χ3n) is 4.58. The molecule has 2 N–H and O–H groups in total. The zero-order valence-corrected chi connectivity index (χ0v) is 14.4. The molecule has 24 heavy (non-hydrogen) atoms. The van der Waals surface area contributed by atoms with E-state index < -0.39 is 0 Å². The van der Waals surface area contributed by atoms with Gasteiger partial charge >= 0.3 is 0 Å². The molecule has 1 aromatic carbocycles. The molecule has 6 heteroatoms. The smallest absolute Gasteiger partial charge is 0.223 e. The van der Waals surface area contributed by atoms with Crippen molar-refractivity contribution in [3.05, 3.63) is 47.6 Å². The van der Waals surface area contributed by atoms with Crippen LogP contribution in [0.5, 0.6) is 0 Å². The second-order valence-corrected chi connectivity index (χ2v) is 6.28. The number of hydrogen-bond acceptors (Lipinski definition) is 4. The predicted octanol–water partition coefficient (Wildman–Crippen LogP) is 2.56. The van der Waals surface area contributed by atoms with Crippen LogP contribution in [-0.2, 0) is 12.0 Å². The van der Waals surface area contributed by atoms with Gasteiger partial charge in [0.15, 0.2) is 11.8 Å². The molecule has 0 atom stereocenters. The molecule has 1 aliphatic rings. The monoisotopic (exact) mass is 327 g/mol. The first-order chi connectivity index (χ1) is 11.7. The molecule has 6 nitrogen and oxygen atoms in total. The van der Waals surface area contributed by atoms with Crippen LogP contribution in [0.1, 0.15) is 43.5 Å². The summed E-state index contributed by atoms with van der Waals surface area (Å²) in [6.07, 6.45) is 3.72. The fourth-order valence-electron chi connectivity index (χ4n) is 3.11. The molecule has 0 spiro atoms. The summed E-state index contributed by atoms with van der Waals surface area (Å²) in [5.74, 6) is 1.96. The summed E-state index contributed by atoms with van der Waals surface area (Å²) in [6.45, 7) is 5.95. The number of hydrogen-bond donors (Lipinski definition) is 2. The van der Waals surface area contributed by atoms with Crippen molar-refractivity contribution in [3.63, 3.8) is 0 Å². The van der Waals surface area contributed by atoms with E-state index in [-0.39, 0.29) is 5.41 Å². The van der Waals surface area contributed by atoms with Gasteiger partial charge in [0, 0.05) is 25.4 Å². The first-order valence-corrected chi connectivity index (χ1v) is 8.59. The first-order valence-electron chi connectivity index (χ1n) is 8.59. The lowest BCUT2D eigenvalue weighted by Crippen LogP contribution is -2.48. The van der Waals surface area contributed by atoms with E-state index in [1.165, 1.54) is 24.8 Å². The minimum absolute atomic E-state index is 0.222. The zero-order chi connectivity index (χ0) is 16.8. The normalized spacial score (nSPS) is 16.5. The van der Waals surface area contributed by atoms with E-state index in [4.69, 9.17) is 4.52 Å². The van der Waals surface area contributed by atoms with Gasteiger partial charge in [0.05, 0.1) is 0 Å². The standard InChI is InChI=1S/C18H25N5O/c1-3-19-17(20-12-16-22-14(2)24-23-16)21-13-18(10-7-11-18)15-8-5-4-6-9-15/h4-6,8-9H,3,7,10-13H2,1-2H3,(H2,19,20,21). The summed E-state index contributed by atoms with van der Waals surface area (Å²) in [5, 5.41) is 10.7. The molecule has 3 rings (SSSR count). The molecule has 2 aromatic rings. The van der Waals surface area contributed by atoms with Crippen LogP contribution in [0.4, 0.5) is 0 Å². The van der Waals surface area contributed by atoms with Crippen LogP contribution in [0.2, 0.25) is 0 Å². The second-order valence-electron chi connectivity index (χ2n) is 6.28. The van der Waals surface area contributed by atoms with Crippen LogP contribution in [0.25, 0.3) is 0 Å². The minimum atomic E-state index is 0.222. The lowest BCUT2D eigenvalue weighted by Gasteiger charge is -2.43. The molecule has 1 aromatic heterocycles. The molecule has 0 amide bonds. The van der Waals surface area contributed by atoms with Crippen molar-refractivity contribution in [1.82, 2.24) is 20.8 Å². The van der Waals surface area contributed by atoms with Gasteiger partial charge in [-0.3, -0.25) is 0 Å². The number of guanidine groups is 1. The van der Waals surface area contributed by atoms with Gasteiger partial charge in [-0.1, -0.05) is 41.9 Å². The number of aryl methyl sites for hydroxylation is 1. The molecule has 1 aliphatic carbocycles. The third kappa shape index (κ3) is 3.75. The summed E-state index contributed by atoms with van der Waals surface area (Å²) >= 11 is 0. The zero-order valence-electron chi connectivity index (χ0n) is 14.4. The Morgan fingerprint density at radius 2 is 2.04 bits per heavy atom. The molecular weight excluding hydrogens is 302 g/mol. The number of rotatable bonds is 6. The van der Waals surface area contributed by atoms with Crippen LogP contribution in [0.15, 0.2) is 39.8 Å². The molecular formula is C18H25N5O. The first kappa shape index (κ1) is 16.5. The molecule has 0 aliphatic heterocycles.